The predicted octanol–water partition coefficient (Wildman–Crippen LogP) is 2.80. The maximum absolute atomic E-state index is 13.5. The topological polar surface area (TPSA) is 38.1 Å². The molecule has 0 amide bonds. The van der Waals surface area contributed by atoms with Gasteiger partial charge in [-0.15, -0.1) is 0 Å². The highest BCUT2D eigenvalue weighted by Crippen LogP contribution is 2.31. The van der Waals surface area contributed by atoms with Gasteiger partial charge in [0.15, 0.2) is 34.9 Å². The molecule has 0 unspecified atom stereocenters. The Bertz CT molecular complexity index is 612. The van der Waals surface area contributed by atoms with Crippen LogP contribution in [0.2, 0.25) is 0 Å². The Hall–Kier alpha value is -1.96. The smallest absolute Gasteiger partial charge is 0.200 e. The summed E-state index contributed by atoms with van der Waals surface area (Å²) in [7, 11) is 1.67. The molecule has 0 aliphatic carbocycles. The van der Waals surface area contributed by atoms with Crippen LogP contribution in [0.5, 0.6) is 0 Å². The lowest BCUT2D eigenvalue weighted by Crippen LogP contribution is -2.10. The van der Waals surface area contributed by atoms with E-state index in [2.05, 4.69) is 10.3 Å². The van der Waals surface area contributed by atoms with E-state index in [0.717, 1.165) is 6.20 Å². The van der Waals surface area contributed by atoms with Crippen molar-refractivity contribution in [3.05, 3.63) is 41.2 Å². The molecule has 0 saturated heterocycles. The molecule has 0 bridgehead atoms. The molecule has 2 rings (SSSR count). The molecule has 1 aromatic heterocycles. The van der Waals surface area contributed by atoms with Crippen LogP contribution in [0.4, 0.5) is 22.0 Å². The molecule has 1 heterocycles. The summed E-state index contributed by atoms with van der Waals surface area (Å²) in [5, 5.41) is 2.80. The van der Waals surface area contributed by atoms with Crippen LogP contribution >= 0.6 is 0 Å². The normalized spacial score (nSPS) is 11.1. The molecule has 8 heteroatoms. The first-order chi connectivity index (χ1) is 9.47. The summed E-state index contributed by atoms with van der Waals surface area (Å²) in [5.41, 5.74) is -1.12. The van der Waals surface area contributed by atoms with Gasteiger partial charge in [-0.05, 0) is 7.05 Å². The molecule has 0 aliphatic rings. The standard InChI is InChI=1S/C12H9F5N2O/c1-18-3-2-6-19-4-5(20-6)7-8(13)10(15)12(17)11(16)9(7)14/h4,18H,2-3H2,1H3. The molecule has 1 aromatic carbocycles. The molecule has 0 saturated carbocycles. The minimum absolute atomic E-state index is 0.123. The van der Waals surface area contributed by atoms with Crippen LogP contribution in [0.25, 0.3) is 11.3 Å². The van der Waals surface area contributed by atoms with Crippen LogP contribution in [0, 0.1) is 29.1 Å². The third-order valence-electron chi connectivity index (χ3n) is 2.60. The number of rotatable bonds is 4. The van der Waals surface area contributed by atoms with Crippen molar-refractivity contribution in [3.8, 4) is 11.3 Å². The number of oxazole rings is 1. The lowest BCUT2D eigenvalue weighted by molar-refractivity contribution is 0.378. The van der Waals surface area contributed by atoms with Gasteiger partial charge >= 0.3 is 0 Å². The number of likely N-dealkylation sites (N-methyl/N-ethyl adjacent to an activating group) is 1. The second kappa shape index (κ2) is 5.58. The van der Waals surface area contributed by atoms with Crippen molar-refractivity contribution in [2.24, 2.45) is 0 Å². The summed E-state index contributed by atoms with van der Waals surface area (Å²) < 4.78 is 71.1. The summed E-state index contributed by atoms with van der Waals surface area (Å²) in [6.45, 7) is 0.483. The monoisotopic (exact) mass is 292 g/mol. The van der Waals surface area contributed by atoms with E-state index in [1.54, 1.807) is 7.05 Å². The van der Waals surface area contributed by atoms with E-state index in [4.69, 9.17) is 4.42 Å². The van der Waals surface area contributed by atoms with Crippen LogP contribution in [-0.4, -0.2) is 18.6 Å². The van der Waals surface area contributed by atoms with Crippen LogP contribution in [0.1, 0.15) is 5.89 Å². The quantitative estimate of drug-likeness (QED) is 0.535. The van der Waals surface area contributed by atoms with Gasteiger partial charge < -0.3 is 9.73 Å². The van der Waals surface area contributed by atoms with Gasteiger partial charge in [0.1, 0.15) is 0 Å². The predicted molar refractivity (Wildman–Crippen MR) is 59.4 cm³/mol. The highest BCUT2D eigenvalue weighted by Gasteiger charge is 2.28. The van der Waals surface area contributed by atoms with E-state index in [-0.39, 0.29) is 5.89 Å². The first kappa shape index (κ1) is 14.4. The third-order valence-corrected chi connectivity index (χ3v) is 2.60. The fourth-order valence-corrected chi connectivity index (χ4v) is 1.59. The van der Waals surface area contributed by atoms with E-state index in [1.807, 2.05) is 0 Å². The fraction of sp³-hybridized carbons (Fsp3) is 0.250. The summed E-state index contributed by atoms with van der Waals surface area (Å²) in [5.74, 6) is -10.5. The SMILES string of the molecule is CNCCc1ncc(-c2c(F)c(F)c(F)c(F)c2F)o1. The Morgan fingerprint density at radius 1 is 1.00 bits per heavy atom. The average molecular weight is 292 g/mol. The summed E-state index contributed by atoms with van der Waals surface area (Å²) in [4.78, 5) is 3.72. The first-order valence-corrected chi connectivity index (χ1v) is 5.58. The molecule has 0 spiro atoms. The fourth-order valence-electron chi connectivity index (χ4n) is 1.59. The first-order valence-electron chi connectivity index (χ1n) is 5.58. The average Bonchev–Trinajstić information content (AvgIpc) is 2.89. The molecule has 108 valence electrons. The molecule has 3 nitrogen and oxygen atoms in total. The summed E-state index contributed by atoms with van der Waals surface area (Å²) >= 11 is 0. The second-order valence-electron chi connectivity index (χ2n) is 3.92. The highest BCUT2D eigenvalue weighted by molar-refractivity contribution is 5.58. The largest absolute Gasteiger partial charge is 0.440 e. The zero-order chi connectivity index (χ0) is 14.9. The minimum Gasteiger partial charge on any atom is -0.440 e. The van der Waals surface area contributed by atoms with Gasteiger partial charge in [0.2, 0.25) is 5.82 Å². The van der Waals surface area contributed by atoms with Crippen molar-refractivity contribution in [3.63, 3.8) is 0 Å². The molecule has 0 aliphatic heterocycles. The number of aromatic nitrogens is 1. The number of nitrogens with zero attached hydrogens (tertiary/aromatic N) is 1. The Morgan fingerprint density at radius 3 is 2.10 bits per heavy atom. The molecule has 2 aromatic rings. The number of nitrogens with one attached hydrogen (secondary N) is 1. The van der Waals surface area contributed by atoms with Gasteiger partial charge in [0.05, 0.1) is 11.8 Å². The Kier molecular flexibility index (Phi) is 4.03. The van der Waals surface area contributed by atoms with Crippen molar-refractivity contribution >= 4 is 0 Å². The van der Waals surface area contributed by atoms with Crippen LogP contribution in [0.15, 0.2) is 10.6 Å². The van der Waals surface area contributed by atoms with Crippen molar-refractivity contribution in [2.75, 3.05) is 13.6 Å². The zero-order valence-electron chi connectivity index (χ0n) is 10.2. The lowest BCUT2D eigenvalue weighted by Gasteiger charge is -2.05. The van der Waals surface area contributed by atoms with Gasteiger partial charge in [-0.3, -0.25) is 0 Å². The summed E-state index contributed by atoms with van der Waals surface area (Å²) in [6, 6.07) is 0. The second-order valence-corrected chi connectivity index (χ2v) is 3.92. The van der Waals surface area contributed by atoms with Gasteiger partial charge in [-0.1, -0.05) is 0 Å². The van der Waals surface area contributed by atoms with Gasteiger partial charge in [0.25, 0.3) is 0 Å². The maximum Gasteiger partial charge on any atom is 0.200 e. The van der Waals surface area contributed by atoms with Gasteiger partial charge in [0, 0.05) is 13.0 Å². The number of hydrogen-bond donors (Lipinski definition) is 1. The maximum atomic E-state index is 13.5. The van der Waals surface area contributed by atoms with Crippen LogP contribution in [-0.2, 0) is 6.42 Å². The number of halogens is 5. The Balaban J connectivity index is 2.50. The highest BCUT2D eigenvalue weighted by atomic mass is 19.2. The van der Waals surface area contributed by atoms with Crippen molar-refractivity contribution in [2.45, 2.75) is 6.42 Å². The molecule has 0 fully saturated rings. The van der Waals surface area contributed by atoms with E-state index in [1.165, 1.54) is 0 Å². The molecule has 0 radical (unpaired) electrons. The number of benzene rings is 1. The van der Waals surface area contributed by atoms with Crippen molar-refractivity contribution in [1.29, 1.82) is 0 Å². The Morgan fingerprint density at radius 2 is 1.55 bits per heavy atom. The van der Waals surface area contributed by atoms with Crippen LogP contribution in [0.3, 0.4) is 0 Å². The molecular formula is C12H9F5N2O. The molecule has 20 heavy (non-hydrogen) atoms. The molecule has 0 atom stereocenters. The molecular weight excluding hydrogens is 283 g/mol. The Labute approximate surface area is 110 Å². The summed E-state index contributed by atoms with van der Waals surface area (Å²) in [6.07, 6.45) is 1.23. The van der Waals surface area contributed by atoms with E-state index >= 15 is 0 Å². The van der Waals surface area contributed by atoms with E-state index < -0.39 is 40.4 Å². The van der Waals surface area contributed by atoms with Gasteiger partial charge in [-0.2, -0.15) is 0 Å². The van der Waals surface area contributed by atoms with E-state index in [0.29, 0.717) is 13.0 Å². The van der Waals surface area contributed by atoms with E-state index in [9.17, 15) is 22.0 Å². The van der Waals surface area contributed by atoms with Crippen molar-refractivity contribution < 1.29 is 26.4 Å². The van der Waals surface area contributed by atoms with Crippen LogP contribution < -0.4 is 5.32 Å². The lowest BCUT2D eigenvalue weighted by atomic mass is 10.1. The zero-order valence-corrected chi connectivity index (χ0v) is 10.2. The van der Waals surface area contributed by atoms with Gasteiger partial charge in [-0.25, -0.2) is 26.9 Å². The van der Waals surface area contributed by atoms with Crippen molar-refractivity contribution in [1.82, 2.24) is 10.3 Å². The third kappa shape index (κ3) is 2.38. The molecule has 1 N–H and O–H groups in total. The number of hydrogen-bond acceptors (Lipinski definition) is 3. The minimum atomic E-state index is -2.21.